The molecule has 7 heteroatoms. The van der Waals surface area contributed by atoms with Crippen LogP contribution in [0.5, 0.6) is 0 Å². The zero-order valence-corrected chi connectivity index (χ0v) is 16.1. The number of anilines is 1. The summed E-state index contributed by atoms with van der Waals surface area (Å²) in [5, 5.41) is 3.70. The van der Waals surface area contributed by atoms with E-state index in [1.807, 2.05) is 38.1 Å². The van der Waals surface area contributed by atoms with E-state index in [1.54, 1.807) is 6.92 Å². The number of hydrogen-bond acceptors (Lipinski definition) is 5. The third kappa shape index (κ3) is 4.67. The Kier molecular flexibility index (Phi) is 6.13. The molecule has 2 N–H and O–H groups in total. The quantitative estimate of drug-likeness (QED) is 0.761. The second-order valence-electron chi connectivity index (χ2n) is 6.96. The molecule has 0 aliphatic carbocycles. The van der Waals surface area contributed by atoms with Crippen molar-refractivity contribution in [3.8, 4) is 0 Å². The largest absolute Gasteiger partial charge is 0.461 e. The first-order valence-electron chi connectivity index (χ1n) is 9.43. The first kappa shape index (κ1) is 19.4. The van der Waals surface area contributed by atoms with E-state index in [-0.39, 0.29) is 30.4 Å². The fraction of sp³-hybridized carbons (Fsp3) is 0.500. The highest BCUT2D eigenvalue weighted by Crippen LogP contribution is 2.28. The van der Waals surface area contributed by atoms with Crippen molar-refractivity contribution in [2.24, 2.45) is 0 Å². The Labute approximate surface area is 159 Å². The van der Waals surface area contributed by atoms with Gasteiger partial charge in [-0.05, 0) is 26.8 Å². The molecule has 1 aromatic heterocycles. The van der Waals surface area contributed by atoms with Gasteiger partial charge in [0.05, 0.1) is 24.5 Å². The number of aromatic nitrogens is 1. The SMILES string of the molecule is CCOC(=O)c1[nH]c2ccccc2c1NC(=O)CCN1C[C@@H](C)O[C@H](C)C1. The first-order chi connectivity index (χ1) is 13.0. The number of amides is 1. The highest BCUT2D eigenvalue weighted by atomic mass is 16.5. The summed E-state index contributed by atoms with van der Waals surface area (Å²) >= 11 is 0. The molecule has 2 atom stereocenters. The summed E-state index contributed by atoms with van der Waals surface area (Å²) in [6, 6.07) is 7.48. The van der Waals surface area contributed by atoms with Crippen molar-refractivity contribution in [2.75, 3.05) is 31.6 Å². The third-order valence-corrected chi connectivity index (χ3v) is 4.60. The van der Waals surface area contributed by atoms with Crippen molar-refractivity contribution in [2.45, 2.75) is 39.4 Å². The molecule has 27 heavy (non-hydrogen) atoms. The lowest BCUT2D eigenvalue weighted by atomic mass is 10.2. The summed E-state index contributed by atoms with van der Waals surface area (Å²) in [7, 11) is 0. The van der Waals surface area contributed by atoms with Crippen molar-refractivity contribution < 1.29 is 19.1 Å². The predicted octanol–water partition coefficient (Wildman–Crippen LogP) is 2.78. The van der Waals surface area contributed by atoms with Gasteiger partial charge in [0.2, 0.25) is 5.91 Å². The molecule has 146 valence electrons. The number of fused-ring (bicyclic) bond motifs is 1. The van der Waals surface area contributed by atoms with E-state index < -0.39 is 5.97 Å². The molecule has 0 saturated carbocycles. The van der Waals surface area contributed by atoms with Crippen molar-refractivity contribution in [3.63, 3.8) is 0 Å². The molecular weight excluding hydrogens is 346 g/mol. The van der Waals surface area contributed by atoms with Crippen LogP contribution in [0.2, 0.25) is 0 Å². The maximum atomic E-state index is 12.6. The Bertz CT molecular complexity index is 807. The Balaban J connectivity index is 1.70. The number of hydrogen-bond donors (Lipinski definition) is 2. The number of ether oxygens (including phenoxy) is 2. The molecule has 0 unspecified atom stereocenters. The number of rotatable bonds is 6. The Morgan fingerprint density at radius 2 is 1.96 bits per heavy atom. The lowest BCUT2D eigenvalue weighted by molar-refractivity contribution is -0.117. The van der Waals surface area contributed by atoms with E-state index in [1.165, 1.54) is 0 Å². The molecule has 1 aliphatic heterocycles. The zero-order valence-electron chi connectivity index (χ0n) is 16.1. The van der Waals surface area contributed by atoms with Gasteiger partial charge in [-0.1, -0.05) is 18.2 Å². The summed E-state index contributed by atoms with van der Waals surface area (Å²) in [5.74, 6) is -0.600. The van der Waals surface area contributed by atoms with Gasteiger partial charge in [0, 0.05) is 37.0 Å². The number of H-pyrrole nitrogens is 1. The number of nitrogens with zero attached hydrogens (tertiary/aromatic N) is 1. The third-order valence-electron chi connectivity index (χ3n) is 4.60. The van der Waals surface area contributed by atoms with E-state index in [9.17, 15) is 9.59 Å². The highest BCUT2D eigenvalue weighted by Gasteiger charge is 2.24. The summed E-state index contributed by atoms with van der Waals surface area (Å²) in [5.41, 5.74) is 1.55. The average molecular weight is 373 g/mol. The number of carbonyl (C=O) groups is 2. The van der Waals surface area contributed by atoms with Gasteiger partial charge in [0.1, 0.15) is 5.69 Å². The molecule has 1 aromatic carbocycles. The van der Waals surface area contributed by atoms with Crippen LogP contribution in [0.1, 0.15) is 37.7 Å². The lowest BCUT2D eigenvalue weighted by Crippen LogP contribution is -2.46. The van der Waals surface area contributed by atoms with E-state index >= 15 is 0 Å². The van der Waals surface area contributed by atoms with Gasteiger partial charge in [-0.3, -0.25) is 9.69 Å². The summed E-state index contributed by atoms with van der Waals surface area (Å²) in [6.45, 7) is 8.40. The van der Waals surface area contributed by atoms with Crippen molar-refractivity contribution >= 4 is 28.5 Å². The predicted molar refractivity (Wildman–Crippen MR) is 104 cm³/mol. The summed E-state index contributed by atoms with van der Waals surface area (Å²) < 4.78 is 10.8. The van der Waals surface area contributed by atoms with Gasteiger partial charge >= 0.3 is 5.97 Å². The van der Waals surface area contributed by atoms with Crippen LogP contribution in [-0.2, 0) is 14.3 Å². The maximum Gasteiger partial charge on any atom is 0.356 e. The molecule has 7 nitrogen and oxygen atoms in total. The van der Waals surface area contributed by atoms with Crippen LogP contribution in [0.3, 0.4) is 0 Å². The second-order valence-corrected chi connectivity index (χ2v) is 6.96. The molecule has 0 radical (unpaired) electrons. The fourth-order valence-electron chi connectivity index (χ4n) is 3.56. The summed E-state index contributed by atoms with van der Waals surface area (Å²) in [6.07, 6.45) is 0.683. The fourth-order valence-corrected chi connectivity index (χ4v) is 3.56. The second kappa shape index (κ2) is 8.54. The Hall–Kier alpha value is -2.38. The van der Waals surface area contributed by atoms with Gasteiger partial charge < -0.3 is 19.8 Å². The molecule has 2 heterocycles. The van der Waals surface area contributed by atoms with Crippen LogP contribution in [0.25, 0.3) is 10.9 Å². The van der Waals surface area contributed by atoms with E-state index in [0.717, 1.165) is 24.0 Å². The molecular formula is C20H27N3O4. The van der Waals surface area contributed by atoms with Gasteiger partial charge in [-0.25, -0.2) is 4.79 Å². The van der Waals surface area contributed by atoms with Crippen LogP contribution in [-0.4, -0.2) is 60.2 Å². The molecule has 0 bridgehead atoms. The Morgan fingerprint density at radius 3 is 2.67 bits per heavy atom. The zero-order chi connectivity index (χ0) is 19.4. The smallest absolute Gasteiger partial charge is 0.356 e. The van der Waals surface area contributed by atoms with Crippen molar-refractivity contribution in [3.05, 3.63) is 30.0 Å². The van der Waals surface area contributed by atoms with Gasteiger partial charge in [-0.15, -0.1) is 0 Å². The molecule has 0 spiro atoms. The van der Waals surface area contributed by atoms with Crippen LogP contribution in [0, 0.1) is 0 Å². The molecule has 1 fully saturated rings. The first-order valence-corrected chi connectivity index (χ1v) is 9.43. The van der Waals surface area contributed by atoms with Gasteiger partial charge in [0.25, 0.3) is 0 Å². The van der Waals surface area contributed by atoms with Crippen molar-refractivity contribution in [1.29, 1.82) is 0 Å². The molecule has 1 amide bonds. The minimum atomic E-state index is -0.472. The molecule has 3 rings (SSSR count). The average Bonchev–Trinajstić information content (AvgIpc) is 2.98. The van der Waals surface area contributed by atoms with Crippen LogP contribution < -0.4 is 5.32 Å². The number of esters is 1. The van der Waals surface area contributed by atoms with Gasteiger partial charge in [0.15, 0.2) is 0 Å². The van der Waals surface area contributed by atoms with Crippen molar-refractivity contribution in [1.82, 2.24) is 9.88 Å². The van der Waals surface area contributed by atoms with Crippen LogP contribution >= 0.6 is 0 Å². The monoisotopic (exact) mass is 373 g/mol. The minimum absolute atomic E-state index is 0.128. The Morgan fingerprint density at radius 1 is 1.26 bits per heavy atom. The maximum absolute atomic E-state index is 12.6. The highest BCUT2D eigenvalue weighted by molar-refractivity contribution is 6.10. The topological polar surface area (TPSA) is 83.7 Å². The summed E-state index contributed by atoms with van der Waals surface area (Å²) in [4.78, 5) is 30.1. The van der Waals surface area contributed by atoms with Crippen LogP contribution in [0.4, 0.5) is 5.69 Å². The van der Waals surface area contributed by atoms with E-state index in [0.29, 0.717) is 18.7 Å². The number of benzene rings is 1. The number of nitrogens with one attached hydrogen (secondary N) is 2. The van der Waals surface area contributed by atoms with E-state index in [2.05, 4.69) is 15.2 Å². The molecule has 2 aromatic rings. The normalized spacial score (nSPS) is 20.6. The lowest BCUT2D eigenvalue weighted by Gasteiger charge is -2.35. The minimum Gasteiger partial charge on any atom is -0.461 e. The molecule has 1 aliphatic rings. The van der Waals surface area contributed by atoms with E-state index in [4.69, 9.17) is 9.47 Å². The number of para-hydroxylation sites is 1. The standard InChI is InChI=1S/C20H27N3O4/c1-4-26-20(25)19-18(15-7-5-6-8-16(15)21-19)22-17(24)9-10-23-11-13(2)27-14(3)12-23/h5-8,13-14,21H,4,9-12H2,1-3H3,(H,22,24)/t13-,14-/m1/s1. The number of carbonyl (C=O) groups excluding carboxylic acids is 2. The van der Waals surface area contributed by atoms with Gasteiger partial charge in [-0.2, -0.15) is 0 Å². The van der Waals surface area contributed by atoms with Crippen LogP contribution in [0.15, 0.2) is 24.3 Å². The molecule has 1 saturated heterocycles. The number of morpholine rings is 1. The number of aromatic amines is 1.